The van der Waals surface area contributed by atoms with Gasteiger partial charge in [-0.25, -0.2) is 4.79 Å². The second kappa shape index (κ2) is 5.04. The van der Waals surface area contributed by atoms with Crippen molar-refractivity contribution < 1.29 is 14.3 Å². The fraction of sp³-hybridized carbons (Fsp3) is 0.917. The molecule has 0 radical (unpaired) electrons. The molecular weight excluding hydrogens is 206 g/mol. The third-order valence-electron chi connectivity index (χ3n) is 2.86. The maximum absolute atomic E-state index is 11.7. The molecule has 0 unspecified atom stereocenters. The summed E-state index contributed by atoms with van der Waals surface area (Å²) in [5, 5.41) is 2.98. The highest BCUT2D eigenvalue weighted by Gasteiger charge is 2.38. The van der Waals surface area contributed by atoms with Crippen LogP contribution in [0.2, 0.25) is 0 Å². The summed E-state index contributed by atoms with van der Waals surface area (Å²) in [6.45, 7) is 6.29. The van der Waals surface area contributed by atoms with Gasteiger partial charge in [0.1, 0.15) is 5.60 Å². The Hall–Kier alpha value is -0.770. The molecule has 0 heterocycles. The SMILES string of the molecule is COCCC1(NC(=O)OC(C)(C)C)CCC1. The van der Waals surface area contributed by atoms with Crippen molar-refractivity contribution in [3.05, 3.63) is 0 Å². The fourth-order valence-electron chi connectivity index (χ4n) is 1.86. The second-order valence-electron chi connectivity index (χ2n) is 5.50. The number of hydrogen-bond acceptors (Lipinski definition) is 3. The summed E-state index contributed by atoms with van der Waals surface area (Å²) in [7, 11) is 1.68. The van der Waals surface area contributed by atoms with Gasteiger partial charge >= 0.3 is 6.09 Å². The van der Waals surface area contributed by atoms with Gasteiger partial charge in [0.25, 0.3) is 0 Å². The maximum Gasteiger partial charge on any atom is 0.408 e. The Bertz CT molecular complexity index is 241. The van der Waals surface area contributed by atoms with Crippen molar-refractivity contribution in [2.24, 2.45) is 0 Å². The van der Waals surface area contributed by atoms with Crippen LogP contribution in [0, 0.1) is 0 Å². The van der Waals surface area contributed by atoms with Gasteiger partial charge in [0.05, 0.1) is 0 Å². The lowest BCUT2D eigenvalue weighted by Crippen LogP contribution is -2.55. The summed E-state index contributed by atoms with van der Waals surface area (Å²) < 4.78 is 10.3. The number of nitrogens with one attached hydrogen (secondary N) is 1. The van der Waals surface area contributed by atoms with Crippen molar-refractivity contribution in [1.29, 1.82) is 0 Å². The summed E-state index contributed by atoms with van der Waals surface area (Å²) in [5.41, 5.74) is -0.519. The molecule has 1 aliphatic carbocycles. The number of ether oxygens (including phenoxy) is 2. The van der Waals surface area contributed by atoms with Gasteiger partial charge in [0, 0.05) is 19.3 Å². The molecule has 0 aromatic heterocycles. The van der Waals surface area contributed by atoms with E-state index in [0.717, 1.165) is 19.3 Å². The Kier molecular flexibility index (Phi) is 4.19. The van der Waals surface area contributed by atoms with Crippen molar-refractivity contribution in [2.75, 3.05) is 13.7 Å². The van der Waals surface area contributed by atoms with E-state index in [2.05, 4.69) is 5.32 Å². The number of hydrogen-bond donors (Lipinski definition) is 1. The molecule has 1 N–H and O–H groups in total. The van der Waals surface area contributed by atoms with Gasteiger partial charge in [-0.2, -0.15) is 0 Å². The van der Waals surface area contributed by atoms with Crippen LogP contribution in [0.15, 0.2) is 0 Å². The van der Waals surface area contributed by atoms with Crippen LogP contribution in [0.4, 0.5) is 4.79 Å². The van der Waals surface area contributed by atoms with Crippen LogP contribution in [-0.4, -0.2) is 30.9 Å². The minimum atomic E-state index is -0.434. The largest absolute Gasteiger partial charge is 0.444 e. The van der Waals surface area contributed by atoms with E-state index in [1.54, 1.807) is 7.11 Å². The third-order valence-corrected chi connectivity index (χ3v) is 2.86. The zero-order chi connectivity index (χ0) is 12.2. The molecule has 1 aliphatic rings. The predicted octanol–water partition coefficient (Wildman–Crippen LogP) is 2.47. The van der Waals surface area contributed by atoms with E-state index in [1.807, 2.05) is 20.8 Å². The van der Waals surface area contributed by atoms with E-state index in [0.29, 0.717) is 6.61 Å². The average molecular weight is 229 g/mol. The van der Waals surface area contributed by atoms with E-state index in [1.165, 1.54) is 6.42 Å². The van der Waals surface area contributed by atoms with Crippen molar-refractivity contribution in [2.45, 2.75) is 57.6 Å². The Morgan fingerprint density at radius 1 is 1.38 bits per heavy atom. The number of methoxy groups -OCH3 is 1. The van der Waals surface area contributed by atoms with Crippen molar-refractivity contribution in [3.8, 4) is 0 Å². The average Bonchev–Trinajstić information content (AvgIpc) is 2.06. The molecule has 4 nitrogen and oxygen atoms in total. The first-order chi connectivity index (χ1) is 7.37. The molecule has 0 saturated heterocycles. The molecule has 1 saturated carbocycles. The van der Waals surface area contributed by atoms with Gasteiger partial charge in [0.15, 0.2) is 0 Å². The molecule has 1 fully saturated rings. The molecule has 94 valence electrons. The van der Waals surface area contributed by atoms with Crippen LogP contribution < -0.4 is 5.32 Å². The maximum atomic E-state index is 11.7. The van der Waals surface area contributed by atoms with Gasteiger partial charge in [-0.3, -0.25) is 0 Å². The summed E-state index contributed by atoms with van der Waals surface area (Å²) >= 11 is 0. The first kappa shape index (κ1) is 13.3. The molecular formula is C12H23NO3. The highest BCUT2D eigenvalue weighted by molar-refractivity contribution is 5.69. The van der Waals surface area contributed by atoms with E-state index in [4.69, 9.17) is 9.47 Å². The van der Waals surface area contributed by atoms with Crippen molar-refractivity contribution in [3.63, 3.8) is 0 Å². The molecule has 1 rings (SSSR count). The molecule has 1 amide bonds. The van der Waals surface area contributed by atoms with Crippen LogP contribution in [0.25, 0.3) is 0 Å². The van der Waals surface area contributed by atoms with Gasteiger partial charge < -0.3 is 14.8 Å². The Morgan fingerprint density at radius 3 is 2.38 bits per heavy atom. The number of carbonyl (C=O) groups is 1. The van der Waals surface area contributed by atoms with Gasteiger partial charge in [-0.1, -0.05) is 0 Å². The molecule has 16 heavy (non-hydrogen) atoms. The van der Waals surface area contributed by atoms with Crippen LogP contribution in [-0.2, 0) is 9.47 Å². The first-order valence-electron chi connectivity index (χ1n) is 5.87. The number of amides is 1. The number of alkyl carbamates (subject to hydrolysis) is 1. The van der Waals surface area contributed by atoms with Crippen LogP contribution in [0.5, 0.6) is 0 Å². The van der Waals surface area contributed by atoms with Gasteiger partial charge in [-0.15, -0.1) is 0 Å². The second-order valence-corrected chi connectivity index (χ2v) is 5.50. The quantitative estimate of drug-likeness (QED) is 0.805. The van der Waals surface area contributed by atoms with Crippen LogP contribution in [0.3, 0.4) is 0 Å². The summed E-state index contributed by atoms with van der Waals surface area (Å²) in [6.07, 6.45) is 3.76. The monoisotopic (exact) mass is 229 g/mol. The lowest BCUT2D eigenvalue weighted by molar-refractivity contribution is 0.0326. The lowest BCUT2D eigenvalue weighted by atomic mass is 9.74. The zero-order valence-corrected chi connectivity index (χ0v) is 10.8. The Balaban J connectivity index is 2.41. The minimum absolute atomic E-state index is 0.0850. The predicted molar refractivity (Wildman–Crippen MR) is 62.4 cm³/mol. The number of carbonyl (C=O) groups excluding carboxylic acids is 1. The smallest absolute Gasteiger partial charge is 0.408 e. The van der Waals surface area contributed by atoms with Gasteiger partial charge in [0.2, 0.25) is 0 Å². The van der Waals surface area contributed by atoms with Gasteiger partial charge in [-0.05, 0) is 46.5 Å². The summed E-state index contributed by atoms with van der Waals surface area (Å²) in [4.78, 5) is 11.7. The van der Waals surface area contributed by atoms with E-state index >= 15 is 0 Å². The Labute approximate surface area is 97.7 Å². The molecule has 0 aliphatic heterocycles. The highest BCUT2D eigenvalue weighted by atomic mass is 16.6. The fourth-order valence-corrected chi connectivity index (χ4v) is 1.86. The highest BCUT2D eigenvalue weighted by Crippen LogP contribution is 2.35. The van der Waals surface area contributed by atoms with Crippen LogP contribution >= 0.6 is 0 Å². The summed E-state index contributed by atoms with van der Waals surface area (Å²) in [6, 6.07) is 0. The van der Waals surface area contributed by atoms with Crippen molar-refractivity contribution in [1.82, 2.24) is 5.32 Å². The topological polar surface area (TPSA) is 47.6 Å². The molecule has 0 spiro atoms. The normalized spacial score (nSPS) is 18.8. The van der Waals surface area contributed by atoms with E-state index in [9.17, 15) is 4.79 Å². The lowest BCUT2D eigenvalue weighted by Gasteiger charge is -2.42. The number of rotatable bonds is 4. The van der Waals surface area contributed by atoms with E-state index < -0.39 is 5.60 Å². The standard InChI is InChI=1S/C12H23NO3/c1-11(2,3)16-10(14)13-12(6-5-7-12)8-9-15-4/h5-9H2,1-4H3,(H,13,14). The molecule has 0 bridgehead atoms. The first-order valence-corrected chi connectivity index (χ1v) is 5.87. The Morgan fingerprint density at radius 2 is 2.00 bits per heavy atom. The van der Waals surface area contributed by atoms with Crippen LogP contribution in [0.1, 0.15) is 46.5 Å². The van der Waals surface area contributed by atoms with E-state index in [-0.39, 0.29) is 11.6 Å². The molecule has 4 heteroatoms. The minimum Gasteiger partial charge on any atom is -0.444 e. The molecule has 0 atom stereocenters. The van der Waals surface area contributed by atoms with Crippen molar-refractivity contribution >= 4 is 6.09 Å². The zero-order valence-electron chi connectivity index (χ0n) is 10.8. The summed E-state index contributed by atoms with van der Waals surface area (Å²) in [5.74, 6) is 0. The molecule has 0 aromatic carbocycles. The third kappa shape index (κ3) is 4.00. The molecule has 0 aromatic rings.